The van der Waals surface area contributed by atoms with Gasteiger partial charge < -0.3 is 5.32 Å². The van der Waals surface area contributed by atoms with Crippen molar-refractivity contribution in [3.05, 3.63) is 53.1 Å². The van der Waals surface area contributed by atoms with Gasteiger partial charge in [-0.15, -0.1) is 0 Å². The van der Waals surface area contributed by atoms with Gasteiger partial charge in [-0.05, 0) is 43.7 Å². The quantitative estimate of drug-likeness (QED) is 0.685. The third-order valence-corrected chi connectivity index (χ3v) is 5.28. The molecule has 0 aliphatic rings. The van der Waals surface area contributed by atoms with Crippen molar-refractivity contribution in [2.45, 2.75) is 23.6 Å². The number of carbonyl (C=O) groups is 1. The number of aryl methyl sites for hydroxylation is 2. The van der Waals surface area contributed by atoms with E-state index in [1.54, 1.807) is 12.1 Å². The molecule has 1 amide bonds. The molecule has 0 aromatic heterocycles. The lowest BCUT2D eigenvalue weighted by Crippen LogP contribution is -2.16. The highest BCUT2D eigenvalue weighted by atomic mass is 32.2. The summed E-state index contributed by atoms with van der Waals surface area (Å²) in [4.78, 5) is 11.0. The topological polar surface area (TPSA) is 138 Å². The lowest BCUT2D eigenvalue weighted by molar-refractivity contribution is 0.102. The van der Waals surface area contributed by atoms with E-state index in [1.807, 2.05) is 6.92 Å². The Balaban J connectivity index is 2.58. The van der Waals surface area contributed by atoms with E-state index in [0.717, 1.165) is 17.7 Å². The SMILES string of the molecule is Cc1ccc(C(=O)Nc2cc(S(=O)(=O)O)c(C)cc2S(=O)(=O)O)cc1. The summed E-state index contributed by atoms with van der Waals surface area (Å²) in [6.07, 6.45) is 0. The van der Waals surface area contributed by atoms with Crippen LogP contribution < -0.4 is 5.32 Å². The minimum absolute atomic E-state index is 0.108. The predicted molar refractivity (Wildman–Crippen MR) is 89.9 cm³/mol. The van der Waals surface area contributed by atoms with Crippen LogP contribution in [-0.2, 0) is 20.2 Å². The Morgan fingerprint density at radius 3 is 1.88 bits per heavy atom. The van der Waals surface area contributed by atoms with Crippen molar-refractivity contribution in [2.75, 3.05) is 5.32 Å². The van der Waals surface area contributed by atoms with Crippen LogP contribution in [0, 0.1) is 13.8 Å². The van der Waals surface area contributed by atoms with Crippen molar-refractivity contribution >= 4 is 31.8 Å². The van der Waals surface area contributed by atoms with Gasteiger partial charge in [0.05, 0.1) is 10.6 Å². The van der Waals surface area contributed by atoms with Crippen LogP contribution in [0.2, 0.25) is 0 Å². The van der Waals surface area contributed by atoms with Crippen LogP contribution in [0.25, 0.3) is 0 Å². The minimum Gasteiger partial charge on any atom is -0.321 e. The number of rotatable bonds is 4. The molecule has 3 N–H and O–H groups in total. The maximum atomic E-state index is 12.3. The van der Waals surface area contributed by atoms with Crippen molar-refractivity contribution in [2.24, 2.45) is 0 Å². The summed E-state index contributed by atoms with van der Waals surface area (Å²) in [5, 5.41) is 2.24. The highest BCUT2D eigenvalue weighted by Crippen LogP contribution is 2.28. The molecule has 0 atom stereocenters. The van der Waals surface area contributed by atoms with E-state index in [0.29, 0.717) is 0 Å². The van der Waals surface area contributed by atoms with Crippen LogP contribution in [0.3, 0.4) is 0 Å². The Bertz CT molecular complexity index is 1040. The molecule has 134 valence electrons. The Morgan fingerprint density at radius 1 is 0.880 bits per heavy atom. The number of hydrogen-bond acceptors (Lipinski definition) is 5. The van der Waals surface area contributed by atoms with Gasteiger partial charge in [-0.2, -0.15) is 16.8 Å². The number of anilines is 1. The molecular formula is C15H15NO7S2. The number of amides is 1. The zero-order valence-corrected chi connectivity index (χ0v) is 14.8. The molecule has 0 bridgehead atoms. The molecule has 0 saturated carbocycles. The average molecular weight is 385 g/mol. The van der Waals surface area contributed by atoms with Crippen molar-refractivity contribution < 1.29 is 30.7 Å². The second kappa shape index (κ2) is 6.56. The van der Waals surface area contributed by atoms with Crippen LogP contribution in [-0.4, -0.2) is 31.8 Å². The molecule has 25 heavy (non-hydrogen) atoms. The van der Waals surface area contributed by atoms with Crippen LogP contribution in [0.5, 0.6) is 0 Å². The fourth-order valence-corrected chi connectivity index (χ4v) is 3.60. The number of nitrogens with one attached hydrogen (secondary N) is 1. The number of hydrogen-bond donors (Lipinski definition) is 3. The molecule has 2 aromatic rings. The molecule has 0 heterocycles. The van der Waals surface area contributed by atoms with E-state index in [-0.39, 0.29) is 11.1 Å². The van der Waals surface area contributed by atoms with Gasteiger partial charge in [0.25, 0.3) is 26.1 Å². The number of carbonyl (C=O) groups excluding carboxylic acids is 1. The molecular weight excluding hydrogens is 370 g/mol. The molecule has 0 aliphatic heterocycles. The third kappa shape index (κ3) is 4.42. The lowest BCUT2D eigenvalue weighted by atomic mass is 10.1. The van der Waals surface area contributed by atoms with Gasteiger partial charge in [0.2, 0.25) is 0 Å². The summed E-state index contributed by atoms with van der Waals surface area (Å²) in [5.41, 5.74) is 0.523. The number of benzene rings is 2. The van der Waals surface area contributed by atoms with Crippen LogP contribution in [0.1, 0.15) is 21.5 Å². The van der Waals surface area contributed by atoms with Gasteiger partial charge in [0.15, 0.2) is 0 Å². The van der Waals surface area contributed by atoms with Crippen LogP contribution in [0.15, 0.2) is 46.2 Å². The fraction of sp³-hybridized carbons (Fsp3) is 0.133. The summed E-state index contributed by atoms with van der Waals surface area (Å²) in [6.45, 7) is 3.06. The molecule has 0 radical (unpaired) electrons. The van der Waals surface area contributed by atoms with Crippen molar-refractivity contribution in [3.63, 3.8) is 0 Å². The molecule has 2 rings (SSSR count). The first kappa shape index (κ1) is 19.1. The predicted octanol–water partition coefficient (Wildman–Crippen LogP) is 2.05. The van der Waals surface area contributed by atoms with Gasteiger partial charge in [-0.3, -0.25) is 13.9 Å². The van der Waals surface area contributed by atoms with E-state index in [1.165, 1.54) is 19.1 Å². The normalized spacial score (nSPS) is 12.0. The minimum atomic E-state index is -4.74. The molecule has 0 spiro atoms. The second-order valence-electron chi connectivity index (χ2n) is 5.38. The van der Waals surface area contributed by atoms with Crippen LogP contribution >= 0.6 is 0 Å². The summed E-state index contributed by atoms with van der Waals surface area (Å²) < 4.78 is 64.4. The smallest absolute Gasteiger partial charge is 0.296 e. The Labute approximate surface area is 145 Å². The van der Waals surface area contributed by atoms with E-state index in [4.69, 9.17) is 0 Å². The summed E-state index contributed by atoms with van der Waals surface area (Å²) >= 11 is 0. The van der Waals surface area contributed by atoms with Gasteiger partial charge in [0, 0.05) is 5.56 Å². The van der Waals surface area contributed by atoms with Gasteiger partial charge in [-0.25, -0.2) is 0 Å². The third-order valence-electron chi connectivity index (χ3n) is 3.39. The molecule has 0 fully saturated rings. The lowest BCUT2D eigenvalue weighted by Gasteiger charge is -2.13. The maximum absolute atomic E-state index is 12.3. The zero-order chi connectivity index (χ0) is 19.0. The Hall–Kier alpha value is -2.27. The standard InChI is InChI=1S/C15H15NO7S2/c1-9-3-5-11(6-4-9)15(17)16-12-8-13(24(18,19)20)10(2)7-14(12)25(21,22)23/h3-8H,1-2H3,(H,16,17)(H,18,19,20)(H,21,22,23). The summed E-state index contributed by atoms with van der Waals surface area (Å²) in [7, 11) is -9.40. The highest BCUT2D eigenvalue weighted by molar-refractivity contribution is 7.86. The van der Waals surface area contributed by atoms with E-state index < -0.39 is 41.6 Å². The van der Waals surface area contributed by atoms with Crippen molar-refractivity contribution in [1.29, 1.82) is 0 Å². The van der Waals surface area contributed by atoms with Crippen molar-refractivity contribution in [3.8, 4) is 0 Å². The maximum Gasteiger partial charge on any atom is 0.296 e. The molecule has 0 unspecified atom stereocenters. The van der Waals surface area contributed by atoms with Crippen LogP contribution in [0.4, 0.5) is 5.69 Å². The summed E-state index contributed by atoms with van der Waals surface area (Å²) in [6, 6.07) is 7.95. The first-order chi connectivity index (χ1) is 11.4. The molecule has 8 nitrogen and oxygen atoms in total. The highest BCUT2D eigenvalue weighted by Gasteiger charge is 2.23. The molecule has 0 saturated heterocycles. The zero-order valence-electron chi connectivity index (χ0n) is 13.2. The Morgan fingerprint density at radius 2 is 1.40 bits per heavy atom. The van der Waals surface area contributed by atoms with E-state index in [2.05, 4.69) is 5.32 Å². The van der Waals surface area contributed by atoms with Crippen molar-refractivity contribution in [1.82, 2.24) is 0 Å². The summed E-state index contributed by atoms with van der Waals surface area (Å²) in [5.74, 6) is -0.713. The van der Waals surface area contributed by atoms with Gasteiger partial charge >= 0.3 is 0 Å². The van der Waals surface area contributed by atoms with Gasteiger partial charge in [-0.1, -0.05) is 17.7 Å². The largest absolute Gasteiger partial charge is 0.321 e. The second-order valence-corrected chi connectivity index (χ2v) is 8.16. The van der Waals surface area contributed by atoms with E-state index in [9.17, 15) is 30.7 Å². The van der Waals surface area contributed by atoms with E-state index >= 15 is 0 Å². The molecule has 0 aliphatic carbocycles. The first-order valence-corrected chi connectivity index (χ1v) is 9.75. The first-order valence-electron chi connectivity index (χ1n) is 6.87. The molecule has 2 aromatic carbocycles. The average Bonchev–Trinajstić information content (AvgIpc) is 2.47. The fourth-order valence-electron chi connectivity index (χ4n) is 2.15. The van der Waals surface area contributed by atoms with Gasteiger partial charge in [0.1, 0.15) is 4.90 Å². The Kier molecular flexibility index (Phi) is 5.00. The molecule has 10 heteroatoms. The monoisotopic (exact) mass is 385 g/mol.